The summed E-state index contributed by atoms with van der Waals surface area (Å²) in [6, 6.07) is 11.9. The zero-order chi connectivity index (χ0) is 11.4. The normalized spacial score (nSPS) is 9.81. The molecule has 80 valence electrons. The molecule has 0 spiro atoms. The fourth-order valence-corrected chi connectivity index (χ4v) is 1.66. The van der Waals surface area contributed by atoms with Crippen molar-refractivity contribution in [3.63, 3.8) is 0 Å². The van der Waals surface area contributed by atoms with Gasteiger partial charge in [-0.05, 0) is 17.5 Å². The Kier molecular flexibility index (Phi) is 3.09. The van der Waals surface area contributed by atoms with E-state index in [1.807, 2.05) is 36.4 Å². The van der Waals surface area contributed by atoms with Crippen molar-refractivity contribution in [2.24, 2.45) is 5.73 Å². The fraction of sp³-hybridized carbons (Fsp3) is 0.143. The van der Waals surface area contributed by atoms with Crippen LogP contribution in [0.4, 0.5) is 5.69 Å². The molecule has 0 aliphatic rings. The summed E-state index contributed by atoms with van der Waals surface area (Å²) in [4.78, 5) is 0. The van der Waals surface area contributed by atoms with Crippen molar-refractivity contribution in [1.29, 1.82) is 0 Å². The van der Waals surface area contributed by atoms with E-state index in [0.717, 1.165) is 28.4 Å². The molecule has 0 unspecified atom stereocenters. The van der Waals surface area contributed by atoms with Gasteiger partial charge < -0.3 is 11.5 Å². The van der Waals surface area contributed by atoms with Gasteiger partial charge in [0, 0.05) is 29.6 Å². The molecule has 0 saturated heterocycles. The van der Waals surface area contributed by atoms with Gasteiger partial charge in [0.2, 0.25) is 0 Å². The van der Waals surface area contributed by atoms with Crippen LogP contribution in [-0.2, 0) is 0 Å². The van der Waals surface area contributed by atoms with Gasteiger partial charge in [-0.15, -0.1) is 0 Å². The number of nitrogens with two attached hydrogens (primary N) is 2. The van der Waals surface area contributed by atoms with Gasteiger partial charge in [-0.25, -0.2) is 0 Å². The van der Waals surface area contributed by atoms with E-state index >= 15 is 0 Å². The lowest BCUT2D eigenvalue weighted by Crippen LogP contribution is -1.95. The Labute approximate surface area is 95.3 Å². The van der Waals surface area contributed by atoms with Crippen molar-refractivity contribution in [2.45, 2.75) is 6.42 Å². The fourth-order valence-electron chi connectivity index (χ4n) is 1.66. The summed E-state index contributed by atoms with van der Waals surface area (Å²) in [5, 5.41) is 2.16. The molecule has 0 amide bonds. The van der Waals surface area contributed by atoms with Crippen molar-refractivity contribution < 1.29 is 0 Å². The summed E-state index contributed by atoms with van der Waals surface area (Å²) in [5.74, 6) is 6.18. The molecule has 0 bridgehead atoms. The topological polar surface area (TPSA) is 52.0 Å². The van der Waals surface area contributed by atoms with Crippen LogP contribution in [0, 0.1) is 11.8 Å². The van der Waals surface area contributed by atoms with E-state index in [9.17, 15) is 0 Å². The van der Waals surface area contributed by atoms with E-state index in [4.69, 9.17) is 11.5 Å². The Morgan fingerprint density at radius 2 is 1.75 bits per heavy atom. The number of hydrogen-bond acceptors (Lipinski definition) is 2. The Bertz CT molecular complexity index is 562. The predicted molar refractivity (Wildman–Crippen MR) is 68.9 cm³/mol. The van der Waals surface area contributed by atoms with Gasteiger partial charge in [-0.2, -0.15) is 0 Å². The number of anilines is 1. The number of nitrogen functional groups attached to an aromatic ring is 1. The molecule has 0 saturated carbocycles. The van der Waals surface area contributed by atoms with Crippen LogP contribution >= 0.6 is 0 Å². The second-order valence-electron chi connectivity index (χ2n) is 3.59. The van der Waals surface area contributed by atoms with Crippen LogP contribution in [0.1, 0.15) is 12.0 Å². The highest BCUT2D eigenvalue weighted by Gasteiger charge is 2.00. The summed E-state index contributed by atoms with van der Waals surface area (Å²) in [6.07, 6.45) is 0.721. The Morgan fingerprint density at radius 3 is 2.50 bits per heavy atom. The number of fused-ring (bicyclic) bond motifs is 1. The zero-order valence-electron chi connectivity index (χ0n) is 9.03. The minimum absolute atomic E-state index is 0.597. The van der Waals surface area contributed by atoms with Crippen molar-refractivity contribution >= 4 is 16.5 Å². The highest BCUT2D eigenvalue weighted by molar-refractivity contribution is 5.96. The third-order valence-corrected chi connectivity index (χ3v) is 2.45. The number of rotatable bonds is 1. The van der Waals surface area contributed by atoms with Gasteiger partial charge in [-0.3, -0.25) is 0 Å². The van der Waals surface area contributed by atoms with E-state index in [1.165, 1.54) is 0 Å². The van der Waals surface area contributed by atoms with Crippen molar-refractivity contribution in [1.82, 2.24) is 0 Å². The van der Waals surface area contributed by atoms with E-state index < -0.39 is 0 Å². The van der Waals surface area contributed by atoms with Gasteiger partial charge in [-0.1, -0.05) is 36.1 Å². The minimum atomic E-state index is 0.597. The van der Waals surface area contributed by atoms with Crippen molar-refractivity contribution in [2.75, 3.05) is 12.3 Å². The average molecular weight is 210 g/mol. The lowest BCUT2D eigenvalue weighted by atomic mass is 10.0. The average Bonchev–Trinajstić information content (AvgIpc) is 2.33. The lowest BCUT2D eigenvalue weighted by molar-refractivity contribution is 1.03. The van der Waals surface area contributed by atoms with Gasteiger partial charge in [0.05, 0.1) is 0 Å². The summed E-state index contributed by atoms with van der Waals surface area (Å²) >= 11 is 0. The smallest absolute Gasteiger partial charge is 0.0394 e. The van der Waals surface area contributed by atoms with Gasteiger partial charge in [0.25, 0.3) is 0 Å². The first-order chi connectivity index (χ1) is 7.83. The molecule has 0 fully saturated rings. The van der Waals surface area contributed by atoms with Crippen LogP contribution in [0.2, 0.25) is 0 Å². The van der Waals surface area contributed by atoms with Crippen molar-refractivity contribution in [3.05, 3.63) is 42.0 Å². The maximum Gasteiger partial charge on any atom is 0.0394 e. The third-order valence-electron chi connectivity index (χ3n) is 2.45. The first-order valence-electron chi connectivity index (χ1n) is 5.29. The summed E-state index contributed by atoms with van der Waals surface area (Å²) in [7, 11) is 0. The molecule has 0 aromatic heterocycles. The summed E-state index contributed by atoms with van der Waals surface area (Å²) in [6.45, 7) is 0.597. The van der Waals surface area contributed by atoms with Crippen LogP contribution in [-0.4, -0.2) is 6.54 Å². The molecule has 2 aromatic carbocycles. The molecule has 2 aromatic rings. The van der Waals surface area contributed by atoms with E-state index in [-0.39, 0.29) is 0 Å². The molecule has 0 heterocycles. The van der Waals surface area contributed by atoms with Crippen LogP contribution < -0.4 is 11.5 Å². The Hall–Kier alpha value is -1.98. The SMILES string of the molecule is NCCC#Cc1ccc(N)c2ccccc12. The molecule has 0 aliphatic heterocycles. The quantitative estimate of drug-likeness (QED) is 0.559. The monoisotopic (exact) mass is 210 g/mol. The van der Waals surface area contributed by atoms with Crippen molar-refractivity contribution in [3.8, 4) is 11.8 Å². The predicted octanol–water partition coefficient (Wildman–Crippen LogP) is 2.12. The highest BCUT2D eigenvalue weighted by atomic mass is 14.5. The second kappa shape index (κ2) is 4.69. The first-order valence-corrected chi connectivity index (χ1v) is 5.29. The molecule has 0 aliphatic carbocycles. The molecule has 2 heteroatoms. The molecule has 4 N–H and O–H groups in total. The van der Waals surface area contributed by atoms with Gasteiger partial charge in [0.1, 0.15) is 0 Å². The third kappa shape index (κ3) is 2.00. The Balaban J connectivity index is 2.56. The zero-order valence-corrected chi connectivity index (χ0v) is 9.03. The Morgan fingerprint density at radius 1 is 1.00 bits per heavy atom. The van der Waals surface area contributed by atoms with Crippen LogP contribution in [0.3, 0.4) is 0 Å². The summed E-state index contributed by atoms with van der Waals surface area (Å²) < 4.78 is 0. The molecule has 2 nitrogen and oxygen atoms in total. The molecular weight excluding hydrogens is 196 g/mol. The highest BCUT2D eigenvalue weighted by Crippen LogP contribution is 2.23. The maximum atomic E-state index is 5.91. The van der Waals surface area contributed by atoms with Gasteiger partial charge in [0.15, 0.2) is 0 Å². The molecule has 16 heavy (non-hydrogen) atoms. The molecule has 0 radical (unpaired) electrons. The van der Waals surface area contributed by atoms with E-state index in [1.54, 1.807) is 0 Å². The second-order valence-corrected chi connectivity index (χ2v) is 3.59. The molecular formula is C14H14N2. The maximum absolute atomic E-state index is 5.91. The summed E-state index contributed by atoms with van der Waals surface area (Å²) in [5.41, 5.74) is 13.1. The van der Waals surface area contributed by atoms with Crippen LogP contribution in [0.5, 0.6) is 0 Å². The van der Waals surface area contributed by atoms with E-state index in [0.29, 0.717) is 6.54 Å². The minimum Gasteiger partial charge on any atom is -0.398 e. The largest absolute Gasteiger partial charge is 0.398 e. The van der Waals surface area contributed by atoms with Crippen LogP contribution in [0.15, 0.2) is 36.4 Å². The van der Waals surface area contributed by atoms with E-state index in [2.05, 4.69) is 11.8 Å². The number of hydrogen-bond donors (Lipinski definition) is 2. The standard InChI is InChI=1S/C14H14N2/c15-10-4-3-5-11-8-9-14(16)13-7-2-1-6-12(11)13/h1-2,6-9H,4,10,15-16H2. The lowest BCUT2D eigenvalue weighted by Gasteiger charge is -2.03. The first kappa shape index (κ1) is 10.5. The van der Waals surface area contributed by atoms with Crippen LogP contribution in [0.25, 0.3) is 10.8 Å². The van der Waals surface area contributed by atoms with Gasteiger partial charge >= 0.3 is 0 Å². The number of benzene rings is 2. The molecule has 2 rings (SSSR count). The molecule has 0 atom stereocenters.